The van der Waals surface area contributed by atoms with Gasteiger partial charge in [0.25, 0.3) is 0 Å². The molecule has 0 bridgehead atoms. The molecule has 92 valence electrons. The van der Waals surface area contributed by atoms with E-state index >= 15 is 0 Å². The molecule has 1 aromatic heterocycles. The summed E-state index contributed by atoms with van der Waals surface area (Å²) in [5.74, 6) is -0.450. The first-order chi connectivity index (χ1) is 8.19. The average Bonchev–Trinajstić information content (AvgIpc) is 2.79. The van der Waals surface area contributed by atoms with Crippen LogP contribution in [0, 0.1) is 10.8 Å². The third kappa shape index (κ3) is 3.00. The quantitative estimate of drug-likeness (QED) is 0.829. The predicted molar refractivity (Wildman–Crippen MR) is 62.9 cm³/mol. The van der Waals surface area contributed by atoms with Crippen molar-refractivity contribution in [3.8, 4) is 0 Å². The molecule has 2 heterocycles. The lowest BCUT2D eigenvalue weighted by Gasteiger charge is -2.26. The van der Waals surface area contributed by atoms with Crippen molar-refractivity contribution in [1.82, 2.24) is 9.99 Å². The maximum absolute atomic E-state index is 10.7. The molecule has 1 aliphatic rings. The summed E-state index contributed by atoms with van der Waals surface area (Å²) in [4.78, 5) is 25.4. The third-order valence-electron chi connectivity index (χ3n) is 2.93. The Bertz CT molecular complexity index is 413. The SMILES string of the molecule is O=NN1CCC(Cc2ncc(C(=O)O)s2)CC1. The Kier molecular flexibility index (Phi) is 3.68. The summed E-state index contributed by atoms with van der Waals surface area (Å²) < 4.78 is 0. The number of hydrogen-bond donors (Lipinski definition) is 1. The van der Waals surface area contributed by atoms with E-state index in [9.17, 15) is 9.70 Å². The predicted octanol–water partition coefficient (Wildman–Crippen LogP) is 1.78. The summed E-state index contributed by atoms with van der Waals surface area (Å²) in [6, 6.07) is 0. The van der Waals surface area contributed by atoms with Crippen LogP contribution in [0.25, 0.3) is 0 Å². The molecule has 0 radical (unpaired) electrons. The second-order valence-electron chi connectivity index (χ2n) is 4.11. The van der Waals surface area contributed by atoms with Gasteiger partial charge in [0.15, 0.2) is 0 Å². The summed E-state index contributed by atoms with van der Waals surface area (Å²) in [6.45, 7) is 1.37. The van der Waals surface area contributed by atoms with Crippen LogP contribution in [0.4, 0.5) is 0 Å². The molecule has 17 heavy (non-hydrogen) atoms. The molecule has 0 atom stereocenters. The lowest BCUT2D eigenvalue weighted by Crippen LogP contribution is -2.29. The maximum Gasteiger partial charge on any atom is 0.347 e. The van der Waals surface area contributed by atoms with E-state index in [-0.39, 0.29) is 4.88 Å². The van der Waals surface area contributed by atoms with Gasteiger partial charge in [-0.25, -0.2) is 9.78 Å². The number of hydrogen-bond acceptors (Lipinski definition) is 5. The smallest absolute Gasteiger partial charge is 0.347 e. The van der Waals surface area contributed by atoms with E-state index in [1.807, 2.05) is 0 Å². The van der Waals surface area contributed by atoms with E-state index in [0.29, 0.717) is 19.0 Å². The van der Waals surface area contributed by atoms with Crippen LogP contribution in [-0.4, -0.2) is 34.2 Å². The molecule has 0 spiro atoms. The Morgan fingerprint density at radius 1 is 1.59 bits per heavy atom. The molecule has 1 aliphatic heterocycles. The van der Waals surface area contributed by atoms with Gasteiger partial charge >= 0.3 is 5.97 Å². The number of nitrogens with zero attached hydrogens (tertiary/aromatic N) is 3. The normalized spacial score (nSPS) is 17.1. The molecule has 0 aliphatic carbocycles. The molecule has 1 fully saturated rings. The molecule has 6 nitrogen and oxygen atoms in total. The Balaban J connectivity index is 1.88. The first-order valence-electron chi connectivity index (χ1n) is 5.45. The molecule has 0 aromatic carbocycles. The molecular weight excluding hydrogens is 242 g/mol. The van der Waals surface area contributed by atoms with Crippen molar-refractivity contribution in [3.63, 3.8) is 0 Å². The summed E-state index contributed by atoms with van der Waals surface area (Å²) in [5, 5.41) is 14.1. The van der Waals surface area contributed by atoms with Crippen LogP contribution in [0.15, 0.2) is 11.5 Å². The van der Waals surface area contributed by atoms with Gasteiger partial charge < -0.3 is 5.11 Å². The van der Waals surface area contributed by atoms with Gasteiger partial charge in [0.05, 0.1) is 16.5 Å². The van der Waals surface area contributed by atoms with E-state index in [2.05, 4.69) is 10.3 Å². The highest BCUT2D eigenvalue weighted by Crippen LogP contribution is 2.24. The number of piperidine rings is 1. The molecule has 0 amide bonds. The first-order valence-corrected chi connectivity index (χ1v) is 6.27. The average molecular weight is 255 g/mol. The highest BCUT2D eigenvalue weighted by atomic mass is 32.1. The lowest BCUT2D eigenvalue weighted by atomic mass is 9.95. The van der Waals surface area contributed by atoms with Crippen molar-refractivity contribution < 1.29 is 9.90 Å². The highest BCUT2D eigenvalue weighted by Gasteiger charge is 2.20. The molecule has 1 saturated heterocycles. The van der Waals surface area contributed by atoms with Crippen LogP contribution in [0.3, 0.4) is 0 Å². The van der Waals surface area contributed by atoms with Gasteiger partial charge in [-0.05, 0) is 18.8 Å². The first kappa shape index (κ1) is 12.0. The van der Waals surface area contributed by atoms with E-state index in [1.165, 1.54) is 22.5 Å². The number of thiazole rings is 1. The van der Waals surface area contributed by atoms with E-state index < -0.39 is 5.97 Å². The maximum atomic E-state index is 10.7. The summed E-state index contributed by atoms with van der Waals surface area (Å²) in [6.07, 6.45) is 4.02. The second-order valence-corrected chi connectivity index (χ2v) is 5.22. The summed E-state index contributed by atoms with van der Waals surface area (Å²) >= 11 is 1.23. The molecule has 1 N–H and O–H groups in total. The van der Waals surface area contributed by atoms with E-state index in [1.54, 1.807) is 0 Å². The topological polar surface area (TPSA) is 82.9 Å². The number of carbonyl (C=O) groups is 1. The number of aromatic carboxylic acids is 1. The molecule has 2 rings (SSSR count). The van der Waals surface area contributed by atoms with Crippen molar-refractivity contribution >= 4 is 17.3 Å². The zero-order valence-corrected chi connectivity index (χ0v) is 10.0. The molecule has 7 heteroatoms. The zero-order chi connectivity index (χ0) is 12.3. The van der Waals surface area contributed by atoms with Crippen LogP contribution in [0.1, 0.15) is 27.5 Å². The summed E-state index contributed by atoms with van der Waals surface area (Å²) in [5.41, 5.74) is 0. The minimum Gasteiger partial charge on any atom is -0.477 e. The summed E-state index contributed by atoms with van der Waals surface area (Å²) in [7, 11) is 0. The molecular formula is C10H13N3O3S. The number of aromatic nitrogens is 1. The fourth-order valence-electron chi connectivity index (χ4n) is 1.96. The van der Waals surface area contributed by atoms with E-state index in [4.69, 9.17) is 5.11 Å². The molecule has 0 unspecified atom stereocenters. The van der Waals surface area contributed by atoms with Gasteiger partial charge in [-0.3, -0.25) is 5.01 Å². The largest absolute Gasteiger partial charge is 0.477 e. The van der Waals surface area contributed by atoms with Gasteiger partial charge in [-0.1, -0.05) is 0 Å². The highest BCUT2D eigenvalue weighted by molar-refractivity contribution is 7.13. The van der Waals surface area contributed by atoms with Crippen molar-refractivity contribution in [3.05, 3.63) is 21.0 Å². The van der Waals surface area contributed by atoms with Crippen LogP contribution >= 0.6 is 11.3 Å². The molecule has 1 aromatic rings. The van der Waals surface area contributed by atoms with Crippen molar-refractivity contribution in [2.24, 2.45) is 11.2 Å². The van der Waals surface area contributed by atoms with Crippen LogP contribution < -0.4 is 0 Å². The molecule has 0 saturated carbocycles. The fraction of sp³-hybridized carbons (Fsp3) is 0.600. The van der Waals surface area contributed by atoms with Crippen molar-refractivity contribution in [2.45, 2.75) is 19.3 Å². The Labute approximate surface area is 102 Å². The van der Waals surface area contributed by atoms with Crippen LogP contribution in [0.5, 0.6) is 0 Å². The van der Waals surface area contributed by atoms with Crippen molar-refractivity contribution in [2.75, 3.05) is 13.1 Å². The van der Waals surface area contributed by atoms with Gasteiger partial charge in [0.1, 0.15) is 4.88 Å². The van der Waals surface area contributed by atoms with E-state index in [0.717, 1.165) is 24.3 Å². The minimum atomic E-state index is -0.922. The number of carboxylic acids is 1. The third-order valence-corrected chi connectivity index (χ3v) is 3.94. The number of nitroso groups, excluding NO2 is 1. The van der Waals surface area contributed by atoms with Gasteiger partial charge in [0.2, 0.25) is 0 Å². The Morgan fingerprint density at radius 2 is 2.29 bits per heavy atom. The van der Waals surface area contributed by atoms with Crippen LogP contribution in [0.2, 0.25) is 0 Å². The number of carboxylic acid groups (broad SMARTS) is 1. The minimum absolute atomic E-state index is 0.284. The Hall–Kier alpha value is -1.50. The monoisotopic (exact) mass is 255 g/mol. The van der Waals surface area contributed by atoms with Crippen LogP contribution in [-0.2, 0) is 6.42 Å². The number of rotatable bonds is 4. The van der Waals surface area contributed by atoms with Crippen molar-refractivity contribution in [1.29, 1.82) is 0 Å². The Morgan fingerprint density at radius 3 is 2.82 bits per heavy atom. The van der Waals surface area contributed by atoms with Gasteiger partial charge in [-0.2, -0.15) is 0 Å². The standard InChI is InChI=1S/C10H13N3O3S/c14-10(15)8-6-11-9(17-8)5-7-1-3-13(12-16)4-2-7/h6-7H,1-5H2,(H,14,15). The lowest BCUT2D eigenvalue weighted by molar-refractivity contribution is 0.0702. The second kappa shape index (κ2) is 5.22. The fourth-order valence-corrected chi connectivity index (χ4v) is 2.83. The van der Waals surface area contributed by atoms with Gasteiger partial charge in [0, 0.05) is 19.5 Å². The zero-order valence-electron chi connectivity index (χ0n) is 9.20. The van der Waals surface area contributed by atoms with Gasteiger partial charge in [-0.15, -0.1) is 16.2 Å².